The second-order valence-corrected chi connectivity index (χ2v) is 6.28. The molecule has 0 amide bonds. The van der Waals surface area contributed by atoms with E-state index in [0.717, 1.165) is 12.0 Å². The van der Waals surface area contributed by atoms with Crippen molar-refractivity contribution in [2.45, 2.75) is 32.6 Å². The van der Waals surface area contributed by atoms with Gasteiger partial charge in [0.25, 0.3) is 0 Å². The molecule has 2 aromatic rings. The van der Waals surface area contributed by atoms with Crippen molar-refractivity contribution in [1.29, 1.82) is 0 Å². The lowest BCUT2D eigenvalue weighted by Gasteiger charge is -2.26. The standard InChI is InChI=1S/C21H24O3/c1-4-14-24-20(23)19(22)15-16-10-12-18(13-11-16)21(2,3)17-8-6-5-7-9-17/h5-13,15,22H,4,14H2,1-3H3. The molecular weight excluding hydrogens is 300 g/mol. The molecular formula is C21H24O3. The number of aliphatic hydroxyl groups is 1. The van der Waals surface area contributed by atoms with Crippen LogP contribution in [-0.4, -0.2) is 17.7 Å². The van der Waals surface area contributed by atoms with Gasteiger partial charge in [0, 0.05) is 5.41 Å². The minimum absolute atomic E-state index is 0.119. The number of carbonyl (C=O) groups is 1. The summed E-state index contributed by atoms with van der Waals surface area (Å²) in [5, 5.41) is 9.79. The van der Waals surface area contributed by atoms with E-state index in [2.05, 4.69) is 26.0 Å². The molecule has 0 radical (unpaired) electrons. The van der Waals surface area contributed by atoms with Gasteiger partial charge in [-0.05, 0) is 29.2 Å². The fourth-order valence-electron chi connectivity index (χ4n) is 2.50. The summed E-state index contributed by atoms with van der Waals surface area (Å²) in [5.41, 5.74) is 3.04. The maximum Gasteiger partial charge on any atom is 0.373 e. The summed E-state index contributed by atoms with van der Waals surface area (Å²) in [4.78, 5) is 11.6. The molecule has 0 aliphatic carbocycles. The van der Waals surface area contributed by atoms with Crippen molar-refractivity contribution in [1.82, 2.24) is 0 Å². The number of carbonyl (C=O) groups excluding carboxylic acids is 1. The molecule has 0 spiro atoms. The molecule has 0 saturated carbocycles. The minimum Gasteiger partial charge on any atom is -0.502 e. The molecule has 0 saturated heterocycles. The number of rotatable bonds is 6. The molecule has 0 bridgehead atoms. The first-order valence-electron chi connectivity index (χ1n) is 8.19. The molecule has 0 aliphatic heterocycles. The monoisotopic (exact) mass is 324 g/mol. The fraction of sp³-hybridized carbons (Fsp3) is 0.286. The Balaban J connectivity index is 2.17. The second-order valence-electron chi connectivity index (χ2n) is 6.28. The van der Waals surface area contributed by atoms with E-state index >= 15 is 0 Å². The third kappa shape index (κ3) is 4.25. The average Bonchev–Trinajstić information content (AvgIpc) is 2.60. The molecule has 0 fully saturated rings. The van der Waals surface area contributed by atoms with Crippen LogP contribution in [0.15, 0.2) is 60.4 Å². The van der Waals surface area contributed by atoms with Crippen LogP contribution >= 0.6 is 0 Å². The summed E-state index contributed by atoms with van der Waals surface area (Å²) in [7, 11) is 0. The van der Waals surface area contributed by atoms with Crippen molar-refractivity contribution in [3.05, 3.63) is 77.0 Å². The number of esters is 1. The summed E-state index contributed by atoms with van der Waals surface area (Å²) >= 11 is 0. The van der Waals surface area contributed by atoms with Crippen molar-refractivity contribution in [3.63, 3.8) is 0 Å². The van der Waals surface area contributed by atoms with Crippen LogP contribution < -0.4 is 0 Å². The molecule has 24 heavy (non-hydrogen) atoms. The Kier molecular flexibility index (Phi) is 5.80. The van der Waals surface area contributed by atoms with Gasteiger partial charge in [0.1, 0.15) is 0 Å². The SMILES string of the molecule is CCCOC(=O)C(O)=Cc1ccc(C(C)(C)c2ccccc2)cc1. The van der Waals surface area contributed by atoms with Crippen molar-refractivity contribution in [2.24, 2.45) is 0 Å². The number of benzene rings is 2. The highest BCUT2D eigenvalue weighted by Crippen LogP contribution is 2.31. The van der Waals surface area contributed by atoms with E-state index in [-0.39, 0.29) is 11.2 Å². The predicted octanol–water partition coefficient (Wildman–Crippen LogP) is 4.86. The number of hydrogen-bond donors (Lipinski definition) is 1. The van der Waals surface area contributed by atoms with E-state index in [1.54, 1.807) is 0 Å². The lowest BCUT2D eigenvalue weighted by atomic mass is 9.78. The normalized spacial score (nSPS) is 12.0. The summed E-state index contributed by atoms with van der Waals surface area (Å²) < 4.78 is 4.90. The number of ether oxygens (including phenoxy) is 1. The molecule has 2 aromatic carbocycles. The Morgan fingerprint density at radius 3 is 2.21 bits per heavy atom. The van der Waals surface area contributed by atoms with Crippen LogP contribution in [0, 0.1) is 0 Å². The molecule has 3 heteroatoms. The lowest BCUT2D eigenvalue weighted by Crippen LogP contribution is -2.18. The van der Waals surface area contributed by atoms with Crippen molar-refractivity contribution >= 4 is 12.0 Å². The van der Waals surface area contributed by atoms with E-state index in [1.807, 2.05) is 49.4 Å². The van der Waals surface area contributed by atoms with E-state index in [4.69, 9.17) is 4.74 Å². The summed E-state index contributed by atoms with van der Waals surface area (Å²) in [5.74, 6) is -1.07. The van der Waals surface area contributed by atoms with Gasteiger partial charge in [-0.2, -0.15) is 0 Å². The van der Waals surface area contributed by atoms with Gasteiger partial charge in [-0.25, -0.2) is 4.79 Å². The first-order chi connectivity index (χ1) is 11.4. The van der Waals surface area contributed by atoms with E-state index in [1.165, 1.54) is 17.2 Å². The third-order valence-electron chi connectivity index (χ3n) is 4.08. The molecule has 1 N–H and O–H groups in total. The average molecular weight is 324 g/mol. The smallest absolute Gasteiger partial charge is 0.373 e. The van der Waals surface area contributed by atoms with Gasteiger partial charge in [-0.1, -0.05) is 75.4 Å². The fourth-order valence-corrected chi connectivity index (χ4v) is 2.50. The third-order valence-corrected chi connectivity index (χ3v) is 4.08. The Hall–Kier alpha value is -2.55. The highest BCUT2D eigenvalue weighted by molar-refractivity contribution is 5.90. The van der Waals surface area contributed by atoms with Gasteiger partial charge in [0.15, 0.2) is 0 Å². The van der Waals surface area contributed by atoms with Crippen LogP contribution in [0.3, 0.4) is 0 Å². The second kappa shape index (κ2) is 7.82. The van der Waals surface area contributed by atoms with Crippen molar-refractivity contribution in [3.8, 4) is 0 Å². The molecule has 3 nitrogen and oxygen atoms in total. The molecule has 126 valence electrons. The first kappa shape index (κ1) is 17.8. The molecule has 2 rings (SSSR count). The van der Waals surface area contributed by atoms with Crippen LogP contribution in [-0.2, 0) is 14.9 Å². The van der Waals surface area contributed by atoms with E-state index < -0.39 is 5.97 Å². The molecule has 0 atom stereocenters. The molecule has 0 heterocycles. The Labute approximate surface area is 143 Å². The molecule has 0 aromatic heterocycles. The highest BCUT2D eigenvalue weighted by atomic mass is 16.5. The zero-order valence-corrected chi connectivity index (χ0v) is 14.5. The van der Waals surface area contributed by atoms with Crippen LogP contribution in [0.4, 0.5) is 0 Å². The van der Waals surface area contributed by atoms with Gasteiger partial charge in [0.05, 0.1) is 6.61 Å². The van der Waals surface area contributed by atoms with E-state index in [9.17, 15) is 9.90 Å². The molecule has 0 aliphatic rings. The lowest BCUT2D eigenvalue weighted by molar-refractivity contribution is -0.141. The predicted molar refractivity (Wildman–Crippen MR) is 96.9 cm³/mol. The van der Waals surface area contributed by atoms with Crippen LogP contribution in [0.1, 0.15) is 43.9 Å². The Morgan fingerprint density at radius 1 is 1.04 bits per heavy atom. The Morgan fingerprint density at radius 2 is 1.62 bits per heavy atom. The van der Waals surface area contributed by atoms with Crippen molar-refractivity contribution in [2.75, 3.05) is 6.61 Å². The van der Waals surface area contributed by atoms with Gasteiger partial charge < -0.3 is 9.84 Å². The van der Waals surface area contributed by atoms with Gasteiger partial charge in [-0.3, -0.25) is 0 Å². The Bertz CT molecular complexity index is 698. The summed E-state index contributed by atoms with van der Waals surface area (Å²) in [6.07, 6.45) is 2.15. The maximum absolute atomic E-state index is 11.6. The minimum atomic E-state index is -0.689. The highest BCUT2D eigenvalue weighted by Gasteiger charge is 2.22. The van der Waals surface area contributed by atoms with Gasteiger partial charge in [-0.15, -0.1) is 0 Å². The van der Waals surface area contributed by atoms with Crippen LogP contribution in [0.5, 0.6) is 0 Å². The largest absolute Gasteiger partial charge is 0.502 e. The quantitative estimate of drug-likeness (QED) is 0.469. The van der Waals surface area contributed by atoms with Gasteiger partial charge in [0.2, 0.25) is 5.76 Å². The van der Waals surface area contributed by atoms with Crippen LogP contribution in [0.2, 0.25) is 0 Å². The van der Waals surface area contributed by atoms with Gasteiger partial charge >= 0.3 is 5.97 Å². The van der Waals surface area contributed by atoms with Crippen LogP contribution in [0.25, 0.3) is 6.08 Å². The summed E-state index contributed by atoms with van der Waals surface area (Å²) in [6.45, 7) is 6.56. The first-order valence-corrected chi connectivity index (χ1v) is 8.19. The summed E-state index contributed by atoms with van der Waals surface area (Å²) in [6, 6.07) is 18.1. The number of aliphatic hydroxyl groups excluding tert-OH is 1. The topological polar surface area (TPSA) is 46.5 Å². The number of hydrogen-bond acceptors (Lipinski definition) is 3. The van der Waals surface area contributed by atoms with E-state index in [0.29, 0.717) is 6.61 Å². The zero-order chi connectivity index (χ0) is 17.6. The molecule has 0 unspecified atom stereocenters. The maximum atomic E-state index is 11.6. The van der Waals surface area contributed by atoms with Crippen molar-refractivity contribution < 1.29 is 14.6 Å². The zero-order valence-electron chi connectivity index (χ0n) is 14.5.